The molecule has 0 unspecified atom stereocenters. The third-order valence-electron chi connectivity index (χ3n) is 3.76. The fraction of sp³-hybridized carbons (Fsp3) is 0.235. The number of hydrogen-bond donors (Lipinski definition) is 0. The highest BCUT2D eigenvalue weighted by atomic mass is 19.1. The topological polar surface area (TPSA) is 29.5 Å². The Morgan fingerprint density at radius 3 is 2.86 bits per heavy atom. The number of hydrogen-bond acceptors (Lipinski definition) is 2. The van der Waals surface area contributed by atoms with Crippen LogP contribution in [0.5, 0.6) is 5.75 Å². The lowest BCUT2D eigenvalue weighted by atomic mass is 10.1. The molecule has 0 N–H and O–H groups in total. The molecule has 3 rings (SSSR count). The summed E-state index contributed by atoms with van der Waals surface area (Å²) in [5.41, 5.74) is 2.81. The van der Waals surface area contributed by atoms with Crippen molar-refractivity contribution in [2.24, 2.45) is 0 Å². The molecule has 1 aliphatic rings. The summed E-state index contributed by atoms with van der Waals surface area (Å²) in [4.78, 5) is 14.2. The van der Waals surface area contributed by atoms with Crippen LogP contribution in [0.4, 0.5) is 10.1 Å². The molecular weight excluding hydrogens is 269 g/mol. The van der Waals surface area contributed by atoms with E-state index in [4.69, 9.17) is 4.74 Å². The van der Waals surface area contributed by atoms with Gasteiger partial charge in [0.1, 0.15) is 0 Å². The Kier molecular flexibility index (Phi) is 3.60. The number of halogens is 1. The molecule has 1 amide bonds. The zero-order valence-electron chi connectivity index (χ0n) is 11.8. The molecule has 108 valence electrons. The minimum absolute atomic E-state index is 0.00971. The molecule has 3 nitrogen and oxygen atoms in total. The molecule has 0 bridgehead atoms. The number of rotatable bonds is 3. The van der Waals surface area contributed by atoms with E-state index in [2.05, 4.69) is 0 Å². The molecule has 0 aromatic heterocycles. The van der Waals surface area contributed by atoms with Crippen LogP contribution in [-0.4, -0.2) is 19.6 Å². The summed E-state index contributed by atoms with van der Waals surface area (Å²) in [6.45, 7) is 0.691. The van der Waals surface area contributed by atoms with Crippen molar-refractivity contribution < 1.29 is 13.9 Å². The first-order valence-electron chi connectivity index (χ1n) is 6.89. The van der Waals surface area contributed by atoms with Crippen LogP contribution in [0.3, 0.4) is 0 Å². The number of nitrogens with zero attached hydrogens (tertiary/aromatic N) is 1. The van der Waals surface area contributed by atoms with Gasteiger partial charge in [0.2, 0.25) is 5.91 Å². The Hall–Kier alpha value is -2.36. The SMILES string of the molecule is COc1ccc(CC(=O)N2CCc3ccccc32)cc1F. The Morgan fingerprint density at radius 1 is 1.29 bits per heavy atom. The maximum Gasteiger partial charge on any atom is 0.231 e. The van der Waals surface area contributed by atoms with Crippen LogP contribution in [-0.2, 0) is 17.6 Å². The molecule has 0 atom stereocenters. The largest absolute Gasteiger partial charge is 0.494 e. The third-order valence-corrected chi connectivity index (χ3v) is 3.76. The van der Waals surface area contributed by atoms with E-state index in [1.807, 2.05) is 24.3 Å². The maximum absolute atomic E-state index is 13.7. The Labute approximate surface area is 123 Å². The van der Waals surface area contributed by atoms with E-state index < -0.39 is 5.82 Å². The van der Waals surface area contributed by atoms with Crippen LogP contribution in [0.25, 0.3) is 0 Å². The van der Waals surface area contributed by atoms with Crippen LogP contribution < -0.4 is 9.64 Å². The van der Waals surface area contributed by atoms with Gasteiger partial charge >= 0.3 is 0 Å². The number of anilines is 1. The molecule has 2 aromatic carbocycles. The van der Waals surface area contributed by atoms with E-state index in [0.29, 0.717) is 12.1 Å². The van der Waals surface area contributed by atoms with Gasteiger partial charge in [-0.2, -0.15) is 0 Å². The zero-order valence-corrected chi connectivity index (χ0v) is 11.8. The van der Waals surface area contributed by atoms with E-state index in [1.165, 1.54) is 18.7 Å². The van der Waals surface area contributed by atoms with Crippen LogP contribution in [0, 0.1) is 5.82 Å². The molecule has 0 spiro atoms. The fourth-order valence-electron chi connectivity index (χ4n) is 2.69. The molecule has 0 saturated carbocycles. The van der Waals surface area contributed by atoms with Crippen molar-refractivity contribution in [3.05, 3.63) is 59.4 Å². The van der Waals surface area contributed by atoms with Gasteiger partial charge in [-0.15, -0.1) is 0 Å². The summed E-state index contributed by atoms with van der Waals surface area (Å²) in [6.07, 6.45) is 1.06. The molecule has 21 heavy (non-hydrogen) atoms. The van der Waals surface area contributed by atoms with E-state index >= 15 is 0 Å². The monoisotopic (exact) mass is 285 g/mol. The van der Waals surface area contributed by atoms with Gasteiger partial charge in [-0.25, -0.2) is 4.39 Å². The lowest BCUT2D eigenvalue weighted by Gasteiger charge is -2.17. The van der Waals surface area contributed by atoms with Crippen LogP contribution in [0.15, 0.2) is 42.5 Å². The first kappa shape index (κ1) is 13.6. The van der Waals surface area contributed by atoms with Gasteiger partial charge in [0, 0.05) is 12.2 Å². The van der Waals surface area contributed by atoms with Gasteiger partial charge in [-0.05, 0) is 35.7 Å². The number of amides is 1. The molecule has 0 fully saturated rings. The minimum Gasteiger partial charge on any atom is -0.494 e. The van der Waals surface area contributed by atoms with Crippen molar-refractivity contribution in [1.29, 1.82) is 0 Å². The quantitative estimate of drug-likeness (QED) is 0.867. The fourth-order valence-corrected chi connectivity index (χ4v) is 2.69. The molecular formula is C17H16FNO2. The zero-order chi connectivity index (χ0) is 14.8. The third kappa shape index (κ3) is 2.61. The van der Waals surface area contributed by atoms with Gasteiger partial charge in [0.25, 0.3) is 0 Å². The maximum atomic E-state index is 13.7. The Balaban J connectivity index is 1.77. The highest BCUT2D eigenvalue weighted by Crippen LogP contribution is 2.28. The lowest BCUT2D eigenvalue weighted by Crippen LogP contribution is -2.30. The van der Waals surface area contributed by atoms with Gasteiger partial charge in [-0.3, -0.25) is 4.79 Å². The first-order valence-corrected chi connectivity index (χ1v) is 6.89. The minimum atomic E-state index is -0.440. The second-order valence-corrected chi connectivity index (χ2v) is 5.07. The van der Waals surface area contributed by atoms with Crippen LogP contribution in [0.2, 0.25) is 0 Å². The van der Waals surface area contributed by atoms with Gasteiger partial charge < -0.3 is 9.64 Å². The summed E-state index contributed by atoms with van der Waals surface area (Å²) in [6, 6.07) is 12.5. The van der Waals surface area contributed by atoms with Crippen molar-refractivity contribution in [2.45, 2.75) is 12.8 Å². The summed E-state index contributed by atoms with van der Waals surface area (Å²) in [5, 5.41) is 0. The average molecular weight is 285 g/mol. The average Bonchev–Trinajstić information content (AvgIpc) is 2.91. The van der Waals surface area contributed by atoms with Crippen LogP contribution in [0.1, 0.15) is 11.1 Å². The Bertz CT molecular complexity index is 684. The summed E-state index contributed by atoms with van der Waals surface area (Å²) in [5.74, 6) is -0.258. The van der Waals surface area contributed by atoms with Crippen molar-refractivity contribution in [2.75, 3.05) is 18.6 Å². The highest BCUT2D eigenvalue weighted by Gasteiger charge is 2.24. The van der Waals surface area contributed by atoms with E-state index in [0.717, 1.165) is 12.1 Å². The summed E-state index contributed by atoms with van der Waals surface area (Å²) < 4.78 is 18.5. The molecule has 0 saturated heterocycles. The van der Waals surface area contributed by atoms with Crippen molar-refractivity contribution in [3.8, 4) is 5.75 Å². The number of carbonyl (C=O) groups is 1. The molecule has 1 heterocycles. The number of carbonyl (C=O) groups excluding carboxylic acids is 1. The second-order valence-electron chi connectivity index (χ2n) is 5.07. The number of fused-ring (bicyclic) bond motifs is 1. The number of para-hydroxylation sites is 1. The number of benzene rings is 2. The van der Waals surface area contributed by atoms with E-state index in [-0.39, 0.29) is 18.1 Å². The summed E-state index contributed by atoms with van der Waals surface area (Å²) >= 11 is 0. The number of methoxy groups -OCH3 is 1. The predicted molar refractivity (Wildman–Crippen MR) is 79.2 cm³/mol. The van der Waals surface area contributed by atoms with Crippen molar-refractivity contribution in [1.82, 2.24) is 0 Å². The number of ether oxygens (including phenoxy) is 1. The van der Waals surface area contributed by atoms with Crippen molar-refractivity contribution >= 4 is 11.6 Å². The molecule has 0 radical (unpaired) electrons. The second kappa shape index (κ2) is 5.56. The van der Waals surface area contributed by atoms with E-state index in [9.17, 15) is 9.18 Å². The smallest absolute Gasteiger partial charge is 0.231 e. The van der Waals surface area contributed by atoms with E-state index in [1.54, 1.807) is 17.0 Å². The van der Waals surface area contributed by atoms with Gasteiger partial charge in [0.05, 0.1) is 13.5 Å². The molecule has 0 aliphatic carbocycles. The normalized spacial score (nSPS) is 13.1. The molecule has 1 aliphatic heterocycles. The van der Waals surface area contributed by atoms with Gasteiger partial charge in [0.15, 0.2) is 11.6 Å². The highest BCUT2D eigenvalue weighted by molar-refractivity contribution is 5.96. The standard InChI is InChI=1S/C17H16FNO2/c1-21-16-7-6-12(10-14(16)18)11-17(20)19-9-8-13-4-2-3-5-15(13)19/h2-7,10H,8-9,11H2,1H3. The molecule has 2 aromatic rings. The van der Waals surface area contributed by atoms with Crippen LogP contribution >= 0.6 is 0 Å². The summed E-state index contributed by atoms with van der Waals surface area (Å²) in [7, 11) is 1.42. The lowest BCUT2D eigenvalue weighted by molar-refractivity contribution is -0.117. The predicted octanol–water partition coefficient (Wildman–Crippen LogP) is 2.97. The molecule has 4 heteroatoms. The van der Waals surface area contributed by atoms with Crippen molar-refractivity contribution in [3.63, 3.8) is 0 Å². The van der Waals surface area contributed by atoms with Gasteiger partial charge in [-0.1, -0.05) is 24.3 Å². The first-order chi connectivity index (χ1) is 10.2. The Morgan fingerprint density at radius 2 is 2.10 bits per heavy atom.